The number of carbonyl (C=O) groups excluding carboxylic acids is 1. The minimum Gasteiger partial charge on any atom is -0.383 e. The smallest absolute Gasteiger partial charge is 0.273 e. The molecule has 0 unspecified atom stereocenters. The molecular weight excluding hydrogens is 337 g/mol. The molecule has 2 N–H and O–H groups in total. The number of carbonyl (C=O) groups is 1. The van der Waals surface area contributed by atoms with Crippen molar-refractivity contribution in [2.24, 2.45) is 0 Å². The molecule has 0 aliphatic carbocycles. The van der Waals surface area contributed by atoms with Crippen molar-refractivity contribution in [3.05, 3.63) is 47.5 Å². The Balaban J connectivity index is 0.00000288. The van der Waals surface area contributed by atoms with Gasteiger partial charge < -0.3 is 15.4 Å². The SMILES string of the molecule is COCCNCCNC(=O)c1cn(Cc2cccc(F)c2)nn1.Cl. The van der Waals surface area contributed by atoms with Crippen LogP contribution in [0.5, 0.6) is 0 Å². The van der Waals surface area contributed by atoms with Crippen molar-refractivity contribution >= 4 is 18.3 Å². The number of hydrogen-bond donors (Lipinski definition) is 2. The van der Waals surface area contributed by atoms with Crippen LogP contribution >= 0.6 is 12.4 Å². The van der Waals surface area contributed by atoms with Crippen molar-refractivity contribution in [1.82, 2.24) is 25.6 Å². The number of nitrogens with zero attached hydrogens (tertiary/aromatic N) is 3. The number of benzene rings is 1. The Hall–Kier alpha value is -2.03. The van der Waals surface area contributed by atoms with E-state index in [1.165, 1.54) is 16.8 Å². The molecule has 132 valence electrons. The molecule has 2 aromatic rings. The molecule has 0 spiro atoms. The molecule has 0 bridgehead atoms. The van der Waals surface area contributed by atoms with Crippen LogP contribution in [0.1, 0.15) is 16.1 Å². The molecule has 9 heteroatoms. The summed E-state index contributed by atoms with van der Waals surface area (Å²) in [5.41, 5.74) is 0.988. The zero-order valence-corrected chi connectivity index (χ0v) is 14.2. The summed E-state index contributed by atoms with van der Waals surface area (Å²) in [5, 5.41) is 13.6. The zero-order chi connectivity index (χ0) is 16.5. The van der Waals surface area contributed by atoms with E-state index in [9.17, 15) is 9.18 Å². The first-order valence-corrected chi connectivity index (χ1v) is 7.31. The summed E-state index contributed by atoms with van der Waals surface area (Å²) in [7, 11) is 1.64. The van der Waals surface area contributed by atoms with Crippen molar-refractivity contribution in [1.29, 1.82) is 0 Å². The quantitative estimate of drug-likeness (QED) is 0.650. The summed E-state index contributed by atoms with van der Waals surface area (Å²) in [4.78, 5) is 11.9. The van der Waals surface area contributed by atoms with Gasteiger partial charge in [-0.3, -0.25) is 4.79 Å². The predicted molar refractivity (Wildman–Crippen MR) is 89.9 cm³/mol. The number of nitrogens with one attached hydrogen (secondary N) is 2. The highest BCUT2D eigenvalue weighted by molar-refractivity contribution is 5.91. The van der Waals surface area contributed by atoms with Crippen LogP contribution in [0.4, 0.5) is 4.39 Å². The lowest BCUT2D eigenvalue weighted by Gasteiger charge is -2.04. The Labute approximate surface area is 146 Å². The summed E-state index contributed by atoms with van der Waals surface area (Å²) in [6, 6.07) is 6.22. The summed E-state index contributed by atoms with van der Waals surface area (Å²) < 4.78 is 19.5. The van der Waals surface area contributed by atoms with Crippen molar-refractivity contribution in [2.45, 2.75) is 6.54 Å². The average molecular weight is 358 g/mol. The van der Waals surface area contributed by atoms with E-state index in [-0.39, 0.29) is 29.8 Å². The highest BCUT2D eigenvalue weighted by Gasteiger charge is 2.10. The van der Waals surface area contributed by atoms with Crippen LogP contribution in [0.25, 0.3) is 0 Å². The molecule has 0 aliphatic rings. The second kappa shape index (κ2) is 10.7. The molecule has 7 nitrogen and oxygen atoms in total. The van der Waals surface area contributed by atoms with Crippen molar-refractivity contribution in [3.8, 4) is 0 Å². The predicted octanol–water partition coefficient (Wildman–Crippen LogP) is 0.853. The second-order valence-electron chi connectivity index (χ2n) is 4.93. The topological polar surface area (TPSA) is 81.1 Å². The van der Waals surface area contributed by atoms with Gasteiger partial charge in [0.2, 0.25) is 0 Å². The number of methoxy groups -OCH3 is 1. The third kappa shape index (κ3) is 6.61. The fourth-order valence-corrected chi connectivity index (χ4v) is 1.96. The van der Waals surface area contributed by atoms with Gasteiger partial charge in [-0.15, -0.1) is 17.5 Å². The number of rotatable bonds is 9. The van der Waals surface area contributed by atoms with Gasteiger partial charge in [-0.05, 0) is 17.7 Å². The molecule has 1 heterocycles. The molecule has 0 saturated carbocycles. The van der Waals surface area contributed by atoms with E-state index in [0.717, 1.165) is 12.1 Å². The highest BCUT2D eigenvalue weighted by atomic mass is 35.5. The van der Waals surface area contributed by atoms with Crippen LogP contribution in [-0.2, 0) is 11.3 Å². The molecule has 1 aromatic carbocycles. The van der Waals surface area contributed by atoms with Gasteiger partial charge in [0.05, 0.1) is 19.3 Å². The van der Waals surface area contributed by atoms with Gasteiger partial charge in [0.1, 0.15) is 5.82 Å². The lowest BCUT2D eigenvalue weighted by molar-refractivity contribution is 0.0948. The van der Waals surface area contributed by atoms with Gasteiger partial charge in [-0.2, -0.15) is 0 Å². The molecule has 2 rings (SSSR count). The van der Waals surface area contributed by atoms with Crippen LogP contribution in [0, 0.1) is 5.82 Å². The lowest BCUT2D eigenvalue weighted by Crippen LogP contribution is -2.33. The number of halogens is 2. The molecule has 1 amide bonds. The van der Waals surface area contributed by atoms with Gasteiger partial charge >= 0.3 is 0 Å². The first kappa shape index (κ1) is 20.0. The van der Waals surface area contributed by atoms with E-state index in [1.54, 1.807) is 25.4 Å². The maximum absolute atomic E-state index is 13.1. The second-order valence-corrected chi connectivity index (χ2v) is 4.93. The van der Waals surface area contributed by atoms with Gasteiger partial charge in [0.25, 0.3) is 5.91 Å². The maximum atomic E-state index is 13.1. The van der Waals surface area contributed by atoms with E-state index in [1.807, 2.05) is 0 Å². The number of amides is 1. The summed E-state index contributed by atoms with van der Waals surface area (Å²) in [5.74, 6) is -0.592. The van der Waals surface area contributed by atoms with Crippen LogP contribution in [0.2, 0.25) is 0 Å². The average Bonchev–Trinajstić information content (AvgIpc) is 2.99. The van der Waals surface area contributed by atoms with E-state index in [0.29, 0.717) is 26.2 Å². The molecule has 24 heavy (non-hydrogen) atoms. The van der Waals surface area contributed by atoms with E-state index >= 15 is 0 Å². The Bertz CT molecular complexity index is 638. The molecule has 0 aliphatic heterocycles. The minimum atomic E-state index is -0.304. The summed E-state index contributed by atoms with van der Waals surface area (Å²) >= 11 is 0. The van der Waals surface area contributed by atoms with Crippen molar-refractivity contribution < 1.29 is 13.9 Å². The Kier molecular flexibility index (Phi) is 8.92. The van der Waals surface area contributed by atoms with Gasteiger partial charge in [0.15, 0.2) is 5.69 Å². The Morgan fingerprint density at radius 2 is 2.17 bits per heavy atom. The largest absolute Gasteiger partial charge is 0.383 e. The first-order chi connectivity index (χ1) is 11.2. The van der Waals surface area contributed by atoms with Gasteiger partial charge in [-0.25, -0.2) is 9.07 Å². The minimum absolute atomic E-state index is 0. The van der Waals surface area contributed by atoms with E-state index < -0.39 is 0 Å². The van der Waals surface area contributed by atoms with Gasteiger partial charge in [-0.1, -0.05) is 17.3 Å². The van der Waals surface area contributed by atoms with E-state index in [2.05, 4.69) is 20.9 Å². The monoisotopic (exact) mass is 357 g/mol. The molecule has 0 radical (unpaired) electrons. The fraction of sp³-hybridized carbons (Fsp3) is 0.400. The molecule has 0 saturated heterocycles. The first-order valence-electron chi connectivity index (χ1n) is 7.31. The fourth-order valence-electron chi connectivity index (χ4n) is 1.96. The maximum Gasteiger partial charge on any atom is 0.273 e. The standard InChI is InChI=1S/C15H20FN5O2.ClH/c1-23-8-7-17-5-6-18-15(22)14-11-21(20-19-14)10-12-3-2-4-13(16)9-12;/h2-4,9,11,17H,5-8,10H2,1H3,(H,18,22);1H. The normalized spacial score (nSPS) is 10.2. The molecular formula is C15H21ClFN5O2. The number of aromatic nitrogens is 3. The molecule has 0 fully saturated rings. The van der Waals surface area contributed by atoms with Gasteiger partial charge in [0, 0.05) is 26.7 Å². The number of ether oxygens (including phenoxy) is 1. The highest BCUT2D eigenvalue weighted by Crippen LogP contribution is 2.05. The van der Waals surface area contributed by atoms with Crippen LogP contribution in [0.15, 0.2) is 30.5 Å². The zero-order valence-electron chi connectivity index (χ0n) is 13.4. The van der Waals surface area contributed by atoms with Crippen LogP contribution < -0.4 is 10.6 Å². The molecule has 1 aromatic heterocycles. The van der Waals surface area contributed by atoms with Crippen LogP contribution in [0.3, 0.4) is 0 Å². The third-order valence-electron chi connectivity index (χ3n) is 3.08. The Morgan fingerprint density at radius 3 is 2.92 bits per heavy atom. The van der Waals surface area contributed by atoms with E-state index in [4.69, 9.17) is 4.74 Å². The van der Waals surface area contributed by atoms with Crippen molar-refractivity contribution in [3.63, 3.8) is 0 Å². The summed E-state index contributed by atoms with van der Waals surface area (Å²) in [6.45, 7) is 2.85. The Morgan fingerprint density at radius 1 is 1.33 bits per heavy atom. The van der Waals surface area contributed by atoms with Crippen molar-refractivity contribution in [2.75, 3.05) is 33.4 Å². The summed E-state index contributed by atoms with van der Waals surface area (Å²) in [6.07, 6.45) is 1.54. The van der Waals surface area contributed by atoms with Crippen LogP contribution in [-0.4, -0.2) is 54.3 Å². The third-order valence-corrected chi connectivity index (χ3v) is 3.08. The molecule has 0 atom stereocenters. The lowest BCUT2D eigenvalue weighted by atomic mass is 10.2. The number of hydrogen-bond acceptors (Lipinski definition) is 5.